The molecule has 6 heteroatoms. The summed E-state index contributed by atoms with van der Waals surface area (Å²) in [5, 5.41) is 14.2. The van der Waals surface area contributed by atoms with Crippen molar-refractivity contribution in [3.8, 4) is 11.3 Å². The first-order valence-electron chi connectivity index (χ1n) is 8.44. The lowest BCUT2D eigenvalue weighted by Gasteiger charge is -2.05. The van der Waals surface area contributed by atoms with E-state index < -0.39 is 5.97 Å². The Hall–Kier alpha value is -2.86. The first-order chi connectivity index (χ1) is 12.9. The van der Waals surface area contributed by atoms with Gasteiger partial charge in [0.15, 0.2) is 5.78 Å². The van der Waals surface area contributed by atoms with Crippen molar-refractivity contribution >= 4 is 23.5 Å². The van der Waals surface area contributed by atoms with E-state index in [0.29, 0.717) is 17.0 Å². The fraction of sp³-hybridized carbons (Fsp3) is 0.190. The summed E-state index contributed by atoms with van der Waals surface area (Å²) in [6, 6.07) is 14.9. The zero-order valence-electron chi connectivity index (χ0n) is 15.4. The summed E-state index contributed by atoms with van der Waals surface area (Å²) >= 11 is 1.56. The van der Waals surface area contributed by atoms with Gasteiger partial charge in [-0.05, 0) is 25.3 Å². The molecule has 0 amide bonds. The number of hydrogen-bond donors (Lipinski definition) is 1. The van der Waals surface area contributed by atoms with Crippen LogP contribution in [-0.2, 0) is 13.5 Å². The molecule has 0 unspecified atom stereocenters. The van der Waals surface area contributed by atoms with E-state index in [1.807, 2.05) is 55.6 Å². The first kappa shape index (κ1) is 18.9. The fourth-order valence-electron chi connectivity index (χ4n) is 2.95. The maximum Gasteiger partial charge on any atom is 0.339 e. The third kappa shape index (κ3) is 3.95. The summed E-state index contributed by atoms with van der Waals surface area (Å²) in [7, 11) is 1.67. The molecule has 1 aromatic heterocycles. The molecule has 0 aliphatic heterocycles. The lowest BCUT2D eigenvalue weighted by molar-refractivity contribution is 0.0696. The van der Waals surface area contributed by atoms with E-state index in [1.54, 1.807) is 24.9 Å². The van der Waals surface area contributed by atoms with Crippen LogP contribution in [0.25, 0.3) is 11.3 Å². The first-order valence-corrected chi connectivity index (χ1v) is 9.66. The van der Waals surface area contributed by atoms with Crippen molar-refractivity contribution < 1.29 is 14.7 Å². The van der Waals surface area contributed by atoms with Crippen molar-refractivity contribution in [3.05, 3.63) is 70.9 Å². The van der Waals surface area contributed by atoms with Gasteiger partial charge in [-0.15, -0.1) is 11.8 Å². The Bertz CT molecular complexity index is 1010. The number of carboxylic acids is 1. The minimum absolute atomic E-state index is 0.0190. The second kappa shape index (κ2) is 7.80. The van der Waals surface area contributed by atoms with Crippen molar-refractivity contribution in [2.24, 2.45) is 7.05 Å². The number of carboxylic acid groups (broad SMARTS) is 1. The van der Waals surface area contributed by atoms with Gasteiger partial charge in [0.05, 0.1) is 12.1 Å². The molecule has 3 aromatic rings. The van der Waals surface area contributed by atoms with Crippen molar-refractivity contribution in [1.29, 1.82) is 0 Å². The van der Waals surface area contributed by atoms with Gasteiger partial charge in [-0.2, -0.15) is 5.10 Å². The molecule has 1 N–H and O–H groups in total. The van der Waals surface area contributed by atoms with E-state index >= 15 is 0 Å². The molecular formula is C21H20N2O3S. The SMILES string of the molecule is CSc1cccc(C(=O)Cc2c(C(=O)O)c(-c3ccc(C)cc3)nn2C)c1. The minimum Gasteiger partial charge on any atom is -0.478 e. The highest BCUT2D eigenvalue weighted by Gasteiger charge is 2.25. The highest BCUT2D eigenvalue weighted by Crippen LogP contribution is 2.27. The predicted molar refractivity (Wildman–Crippen MR) is 107 cm³/mol. The average Bonchev–Trinajstić information content (AvgIpc) is 2.98. The molecule has 0 bridgehead atoms. The third-order valence-electron chi connectivity index (χ3n) is 4.42. The number of nitrogens with zero attached hydrogens (tertiary/aromatic N) is 2. The van der Waals surface area contributed by atoms with Crippen LogP contribution in [0.3, 0.4) is 0 Å². The Balaban J connectivity index is 2.01. The Kier molecular flexibility index (Phi) is 5.46. The van der Waals surface area contributed by atoms with Crippen LogP contribution in [0, 0.1) is 6.92 Å². The van der Waals surface area contributed by atoms with E-state index in [2.05, 4.69) is 5.10 Å². The van der Waals surface area contributed by atoms with Crippen molar-refractivity contribution in [2.45, 2.75) is 18.2 Å². The standard InChI is InChI=1S/C21H20N2O3S/c1-13-7-9-14(10-8-13)20-19(21(25)26)17(23(2)22-20)12-18(24)15-5-4-6-16(11-15)27-3/h4-11H,12H2,1-3H3,(H,25,26). The molecule has 2 aromatic carbocycles. The number of thioether (sulfide) groups is 1. The van der Waals surface area contributed by atoms with E-state index in [1.165, 1.54) is 4.68 Å². The van der Waals surface area contributed by atoms with Gasteiger partial charge >= 0.3 is 5.97 Å². The third-order valence-corrected chi connectivity index (χ3v) is 5.15. The average molecular weight is 380 g/mol. The molecule has 0 radical (unpaired) electrons. The monoisotopic (exact) mass is 380 g/mol. The second-order valence-electron chi connectivity index (χ2n) is 6.30. The Morgan fingerprint density at radius 1 is 1.15 bits per heavy atom. The van der Waals surface area contributed by atoms with E-state index in [-0.39, 0.29) is 17.8 Å². The Morgan fingerprint density at radius 2 is 1.85 bits per heavy atom. The molecule has 0 aliphatic carbocycles. The molecule has 1 heterocycles. The van der Waals surface area contributed by atoms with Crippen LogP contribution in [0.2, 0.25) is 0 Å². The zero-order valence-corrected chi connectivity index (χ0v) is 16.2. The lowest BCUT2D eigenvalue weighted by atomic mass is 10.0. The molecule has 0 spiro atoms. The quantitative estimate of drug-likeness (QED) is 0.511. The van der Waals surface area contributed by atoms with Gasteiger partial charge in [0.2, 0.25) is 0 Å². The van der Waals surface area contributed by atoms with E-state index in [9.17, 15) is 14.7 Å². The van der Waals surface area contributed by atoms with Crippen LogP contribution in [0.15, 0.2) is 53.4 Å². The summed E-state index contributed by atoms with van der Waals surface area (Å²) < 4.78 is 1.50. The number of rotatable bonds is 6. The Morgan fingerprint density at radius 3 is 2.48 bits per heavy atom. The number of aryl methyl sites for hydroxylation is 2. The molecule has 5 nitrogen and oxygen atoms in total. The Labute approximate surface area is 162 Å². The van der Waals surface area contributed by atoms with Gasteiger partial charge in [-0.25, -0.2) is 4.79 Å². The molecule has 27 heavy (non-hydrogen) atoms. The number of Topliss-reactive ketones (excluding diaryl/α,β-unsaturated/α-hetero) is 1. The summed E-state index contributed by atoms with van der Waals surface area (Å²) in [4.78, 5) is 25.7. The van der Waals surface area contributed by atoms with Gasteiger partial charge in [-0.1, -0.05) is 42.0 Å². The molecule has 0 atom stereocenters. The fourth-order valence-corrected chi connectivity index (χ4v) is 3.41. The van der Waals surface area contributed by atoms with Crippen LogP contribution >= 0.6 is 11.8 Å². The number of ketones is 1. The number of aromatic nitrogens is 2. The van der Waals surface area contributed by atoms with Crippen molar-refractivity contribution in [3.63, 3.8) is 0 Å². The smallest absolute Gasteiger partial charge is 0.339 e. The molecule has 3 rings (SSSR count). The van der Waals surface area contributed by atoms with Crippen molar-refractivity contribution in [2.75, 3.05) is 6.26 Å². The van der Waals surface area contributed by atoms with Crippen molar-refractivity contribution in [1.82, 2.24) is 9.78 Å². The highest BCUT2D eigenvalue weighted by atomic mass is 32.2. The number of carbonyl (C=O) groups excluding carboxylic acids is 1. The van der Waals surface area contributed by atoms with E-state index in [4.69, 9.17) is 0 Å². The topological polar surface area (TPSA) is 72.2 Å². The highest BCUT2D eigenvalue weighted by molar-refractivity contribution is 7.98. The van der Waals surface area contributed by atoms with Gasteiger partial charge in [0.25, 0.3) is 0 Å². The molecule has 138 valence electrons. The maximum atomic E-state index is 12.8. The summed E-state index contributed by atoms with van der Waals surface area (Å²) in [5.74, 6) is -1.22. The molecule has 0 aliphatic rings. The lowest BCUT2D eigenvalue weighted by Crippen LogP contribution is -2.12. The zero-order chi connectivity index (χ0) is 19.6. The maximum absolute atomic E-state index is 12.8. The predicted octanol–water partition coefficient (Wildman–Crippen LogP) is 4.24. The molecular weight excluding hydrogens is 360 g/mol. The van der Waals surface area contributed by atoms with E-state index in [0.717, 1.165) is 16.0 Å². The number of aromatic carboxylic acids is 1. The summed E-state index contributed by atoms with van der Waals surface area (Å²) in [6.07, 6.45) is 1.93. The van der Waals surface area contributed by atoms with Crippen LogP contribution in [0.1, 0.15) is 32.0 Å². The van der Waals surface area contributed by atoms with Crippen LogP contribution in [0.5, 0.6) is 0 Å². The molecule has 0 saturated carbocycles. The summed E-state index contributed by atoms with van der Waals surface area (Å²) in [5.41, 5.74) is 3.22. The largest absolute Gasteiger partial charge is 0.478 e. The second-order valence-corrected chi connectivity index (χ2v) is 7.18. The molecule has 0 fully saturated rings. The number of hydrogen-bond acceptors (Lipinski definition) is 4. The number of benzene rings is 2. The minimum atomic E-state index is -1.08. The van der Waals surface area contributed by atoms with Gasteiger partial charge in [0, 0.05) is 23.1 Å². The van der Waals surface area contributed by atoms with Crippen LogP contribution in [-0.4, -0.2) is 32.9 Å². The van der Waals surface area contributed by atoms with Crippen LogP contribution < -0.4 is 0 Å². The van der Waals surface area contributed by atoms with Gasteiger partial charge < -0.3 is 5.11 Å². The van der Waals surface area contributed by atoms with Gasteiger partial charge in [-0.3, -0.25) is 9.48 Å². The molecule has 0 saturated heterocycles. The summed E-state index contributed by atoms with van der Waals surface area (Å²) in [6.45, 7) is 1.97. The van der Waals surface area contributed by atoms with Gasteiger partial charge in [0.1, 0.15) is 11.3 Å². The van der Waals surface area contributed by atoms with Crippen LogP contribution in [0.4, 0.5) is 0 Å². The normalized spacial score (nSPS) is 10.8. The number of carbonyl (C=O) groups is 2.